The topological polar surface area (TPSA) is 40.9 Å². The second-order valence-electron chi connectivity index (χ2n) is 4.10. The number of ketones is 1. The standard InChI is InChI=1S/C15H8ClF2NO/c16-10-3-1-9(2-4-10)13(8-19)15(20)12-7-11(17)5-6-14(12)18/h1-7,13H. The van der Waals surface area contributed by atoms with Gasteiger partial charge in [0.25, 0.3) is 0 Å². The van der Waals surface area contributed by atoms with Crippen molar-refractivity contribution in [2.75, 3.05) is 0 Å². The van der Waals surface area contributed by atoms with E-state index in [1.165, 1.54) is 24.3 Å². The van der Waals surface area contributed by atoms with Crippen LogP contribution in [0.15, 0.2) is 42.5 Å². The van der Waals surface area contributed by atoms with Crippen molar-refractivity contribution in [3.8, 4) is 6.07 Å². The molecule has 0 radical (unpaired) electrons. The number of halogens is 3. The Balaban J connectivity index is 2.42. The number of nitrogens with zero attached hydrogens (tertiary/aromatic N) is 1. The van der Waals surface area contributed by atoms with E-state index in [-0.39, 0.29) is 0 Å². The molecule has 2 rings (SSSR count). The van der Waals surface area contributed by atoms with E-state index in [1.807, 2.05) is 0 Å². The Hall–Kier alpha value is -2.25. The zero-order chi connectivity index (χ0) is 14.7. The highest BCUT2D eigenvalue weighted by atomic mass is 35.5. The maximum atomic E-state index is 13.6. The van der Waals surface area contributed by atoms with Gasteiger partial charge in [-0.2, -0.15) is 5.26 Å². The molecule has 2 aromatic carbocycles. The molecule has 5 heteroatoms. The third-order valence-electron chi connectivity index (χ3n) is 2.79. The molecule has 0 aliphatic carbocycles. The lowest BCUT2D eigenvalue weighted by Gasteiger charge is -2.09. The number of Topliss-reactive ketones (excluding diaryl/α,β-unsaturated/α-hetero) is 1. The average molecular weight is 292 g/mol. The first-order chi connectivity index (χ1) is 9.52. The molecule has 0 amide bonds. The number of carbonyl (C=O) groups is 1. The van der Waals surface area contributed by atoms with E-state index >= 15 is 0 Å². The summed E-state index contributed by atoms with van der Waals surface area (Å²) in [6.45, 7) is 0. The van der Waals surface area contributed by atoms with E-state index in [4.69, 9.17) is 16.9 Å². The van der Waals surface area contributed by atoms with Crippen molar-refractivity contribution >= 4 is 17.4 Å². The van der Waals surface area contributed by atoms with E-state index in [0.717, 1.165) is 18.2 Å². The largest absolute Gasteiger partial charge is 0.292 e. The van der Waals surface area contributed by atoms with Crippen LogP contribution in [-0.4, -0.2) is 5.78 Å². The van der Waals surface area contributed by atoms with Crippen LogP contribution in [-0.2, 0) is 0 Å². The summed E-state index contributed by atoms with van der Waals surface area (Å²) in [6, 6.07) is 10.4. The third kappa shape index (κ3) is 2.84. The summed E-state index contributed by atoms with van der Waals surface area (Å²) < 4.78 is 26.7. The van der Waals surface area contributed by atoms with Crippen molar-refractivity contribution in [2.24, 2.45) is 0 Å². The Morgan fingerprint density at radius 1 is 1.15 bits per heavy atom. The van der Waals surface area contributed by atoms with Gasteiger partial charge in [0.2, 0.25) is 0 Å². The van der Waals surface area contributed by atoms with Crippen LogP contribution >= 0.6 is 11.6 Å². The highest BCUT2D eigenvalue weighted by Crippen LogP contribution is 2.24. The van der Waals surface area contributed by atoms with Crippen molar-refractivity contribution in [1.29, 1.82) is 5.26 Å². The molecule has 0 aliphatic heterocycles. The van der Waals surface area contributed by atoms with Crippen LogP contribution in [0.3, 0.4) is 0 Å². The van der Waals surface area contributed by atoms with Crippen molar-refractivity contribution < 1.29 is 13.6 Å². The Morgan fingerprint density at radius 3 is 2.40 bits per heavy atom. The molecule has 0 heterocycles. The summed E-state index contributed by atoms with van der Waals surface area (Å²) in [5, 5.41) is 9.57. The Kier molecular flexibility index (Phi) is 4.11. The molecule has 0 spiro atoms. The van der Waals surface area contributed by atoms with Crippen molar-refractivity contribution in [3.05, 3.63) is 70.2 Å². The molecule has 0 saturated heterocycles. The van der Waals surface area contributed by atoms with Gasteiger partial charge in [-0.25, -0.2) is 8.78 Å². The molecular weight excluding hydrogens is 284 g/mol. The molecule has 100 valence electrons. The minimum atomic E-state index is -1.21. The van der Waals surface area contributed by atoms with Crippen molar-refractivity contribution in [3.63, 3.8) is 0 Å². The zero-order valence-corrected chi connectivity index (χ0v) is 10.9. The first-order valence-electron chi connectivity index (χ1n) is 5.67. The number of nitriles is 1. The van der Waals surface area contributed by atoms with Gasteiger partial charge in [0, 0.05) is 5.02 Å². The number of carbonyl (C=O) groups excluding carboxylic acids is 1. The van der Waals surface area contributed by atoms with Gasteiger partial charge in [0.05, 0.1) is 11.6 Å². The predicted molar refractivity (Wildman–Crippen MR) is 70.5 cm³/mol. The Morgan fingerprint density at radius 2 is 1.80 bits per heavy atom. The highest BCUT2D eigenvalue weighted by Gasteiger charge is 2.24. The molecule has 1 unspecified atom stereocenters. The summed E-state index contributed by atoms with van der Waals surface area (Å²) in [6.07, 6.45) is 0. The zero-order valence-electron chi connectivity index (χ0n) is 10.1. The van der Waals surface area contributed by atoms with Crippen LogP contribution in [0.25, 0.3) is 0 Å². The fourth-order valence-electron chi connectivity index (χ4n) is 1.78. The van der Waals surface area contributed by atoms with Gasteiger partial charge >= 0.3 is 0 Å². The van der Waals surface area contributed by atoms with Crippen LogP contribution in [0.5, 0.6) is 0 Å². The Bertz CT molecular complexity index is 692. The normalized spacial score (nSPS) is 11.7. The van der Waals surface area contributed by atoms with Crippen LogP contribution < -0.4 is 0 Å². The van der Waals surface area contributed by atoms with E-state index in [1.54, 1.807) is 6.07 Å². The third-order valence-corrected chi connectivity index (χ3v) is 3.04. The predicted octanol–water partition coefficient (Wildman–Crippen LogP) is 4.11. The molecule has 0 N–H and O–H groups in total. The van der Waals surface area contributed by atoms with Crippen molar-refractivity contribution in [1.82, 2.24) is 0 Å². The number of hydrogen-bond donors (Lipinski definition) is 0. The minimum absolute atomic E-state index is 0.380. The lowest BCUT2D eigenvalue weighted by Crippen LogP contribution is -2.13. The smallest absolute Gasteiger partial charge is 0.187 e. The number of benzene rings is 2. The van der Waals surface area contributed by atoms with Crippen molar-refractivity contribution in [2.45, 2.75) is 5.92 Å². The van der Waals surface area contributed by atoms with Gasteiger partial charge in [-0.05, 0) is 35.9 Å². The number of rotatable bonds is 3. The molecule has 2 nitrogen and oxygen atoms in total. The second kappa shape index (κ2) is 5.81. The van der Waals surface area contributed by atoms with Gasteiger partial charge in [-0.3, -0.25) is 4.79 Å². The maximum Gasteiger partial charge on any atom is 0.187 e. The molecule has 0 saturated carbocycles. The molecule has 0 bridgehead atoms. The van der Waals surface area contributed by atoms with Gasteiger partial charge in [0.1, 0.15) is 17.6 Å². The maximum absolute atomic E-state index is 13.6. The summed E-state index contributed by atoms with van der Waals surface area (Å²) in [5.41, 5.74) is -0.0583. The van der Waals surface area contributed by atoms with Gasteiger partial charge in [-0.15, -0.1) is 0 Å². The van der Waals surface area contributed by atoms with E-state index in [9.17, 15) is 13.6 Å². The van der Waals surface area contributed by atoms with E-state index in [2.05, 4.69) is 0 Å². The van der Waals surface area contributed by atoms with Crippen LogP contribution in [0.2, 0.25) is 5.02 Å². The molecular formula is C15H8ClF2NO. The molecule has 0 aromatic heterocycles. The van der Waals surface area contributed by atoms with Gasteiger partial charge < -0.3 is 0 Å². The van der Waals surface area contributed by atoms with Crippen LogP contribution in [0, 0.1) is 23.0 Å². The van der Waals surface area contributed by atoms with Gasteiger partial charge in [-0.1, -0.05) is 23.7 Å². The summed E-state index contributed by atoms with van der Waals surface area (Å²) in [5.74, 6) is -3.58. The fourth-order valence-corrected chi connectivity index (χ4v) is 1.91. The molecule has 20 heavy (non-hydrogen) atoms. The van der Waals surface area contributed by atoms with E-state index in [0.29, 0.717) is 10.6 Å². The highest BCUT2D eigenvalue weighted by molar-refractivity contribution is 6.30. The molecule has 0 aliphatic rings. The average Bonchev–Trinajstić information content (AvgIpc) is 2.44. The molecule has 2 aromatic rings. The monoisotopic (exact) mass is 291 g/mol. The quantitative estimate of drug-likeness (QED) is 0.799. The van der Waals surface area contributed by atoms with E-state index < -0.39 is 28.9 Å². The second-order valence-corrected chi connectivity index (χ2v) is 4.54. The van der Waals surface area contributed by atoms with Crippen LogP contribution in [0.4, 0.5) is 8.78 Å². The molecule has 0 fully saturated rings. The van der Waals surface area contributed by atoms with Gasteiger partial charge in [0.15, 0.2) is 5.78 Å². The summed E-state index contributed by atoms with van der Waals surface area (Å²) in [4.78, 5) is 12.2. The first-order valence-corrected chi connectivity index (χ1v) is 6.05. The SMILES string of the molecule is N#CC(C(=O)c1cc(F)ccc1F)c1ccc(Cl)cc1. The molecule has 1 atom stereocenters. The Labute approximate surface area is 119 Å². The summed E-state index contributed by atoms with van der Waals surface area (Å²) >= 11 is 5.72. The van der Waals surface area contributed by atoms with Crippen LogP contribution in [0.1, 0.15) is 21.8 Å². The lowest BCUT2D eigenvalue weighted by molar-refractivity contribution is 0.0974. The summed E-state index contributed by atoms with van der Waals surface area (Å²) in [7, 11) is 0. The first kappa shape index (κ1) is 14.2. The minimum Gasteiger partial charge on any atom is -0.292 e. The lowest BCUT2D eigenvalue weighted by atomic mass is 9.91. The fraction of sp³-hybridized carbons (Fsp3) is 0.0667. The number of hydrogen-bond acceptors (Lipinski definition) is 2.